The highest BCUT2D eigenvalue weighted by Gasteiger charge is 2.23. The number of rotatable bonds is 6. The summed E-state index contributed by atoms with van der Waals surface area (Å²) >= 11 is 13.4. The van der Waals surface area contributed by atoms with Gasteiger partial charge < -0.3 is 9.80 Å². The van der Waals surface area contributed by atoms with Crippen molar-refractivity contribution in [3.63, 3.8) is 0 Å². The smallest absolute Gasteiger partial charge is 0.276 e. The second kappa shape index (κ2) is 11.2. The lowest BCUT2D eigenvalue weighted by molar-refractivity contribution is 0.0976. The Labute approximate surface area is 243 Å². The number of aromatic nitrogens is 2. The van der Waals surface area contributed by atoms with Crippen molar-refractivity contribution in [3.8, 4) is 0 Å². The second-order valence-electron chi connectivity index (χ2n) is 9.61. The van der Waals surface area contributed by atoms with Crippen molar-refractivity contribution in [3.05, 3.63) is 105 Å². The van der Waals surface area contributed by atoms with E-state index in [2.05, 4.69) is 0 Å². The summed E-state index contributed by atoms with van der Waals surface area (Å²) in [6.45, 7) is 8.70. The lowest BCUT2D eigenvalue weighted by atomic mass is 10.1. The Morgan fingerprint density at radius 1 is 0.625 bits per heavy atom. The number of anilines is 2. The van der Waals surface area contributed by atoms with Gasteiger partial charge in [-0.25, -0.2) is 9.97 Å². The van der Waals surface area contributed by atoms with Crippen LogP contribution in [0.15, 0.2) is 72.8 Å². The topological polar surface area (TPSA) is 66.4 Å². The molecule has 0 saturated carbocycles. The third-order valence-corrected chi connectivity index (χ3v) is 7.53. The molecule has 6 nitrogen and oxygen atoms in total. The fourth-order valence-corrected chi connectivity index (χ4v) is 5.24. The van der Waals surface area contributed by atoms with Crippen LogP contribution in [0.2, 0.25) is 10.0 Å². The van der Waals surface area contributed by atoms with Gasteiger partial charge in [0.1, 0.15) is 11.4 Å². The molecule has 0 bridgehead atoms. The molecule has 8 heteroatoms. The lowest BCUT2D eigenvalue weighted by Gasteiger charge is -2.22. The first-order chi connectivity index (χ1) is 19.2. The average Bonchev–Trinajstić information content (AvgIpc) is 2.95. The van der Waals surface area contributed by atoms with Crippen molar-refractivity contribution in [2.75, 3.05) is 22.9 Å². The van der Waals surface area contributed by atoms with Crippen LogP contribution in [0.1, 0.15) is 46.0 Å². The van der Waals surface area contributed by atoms with E-state index in [1.807, 2.05) is 76.2 Å². The summed E-state index contributed by atoms with van der Waals surface area (Å²) in [4.78, 5) is 40.0. The zero-order valence-corrected chi connectivity index (χ0v) is 24.2. The molecule has 0 aliphatic carbocycles. The minimum absolute atomic E-state index is 0.178. The van der Waals surface area contributed by atoms with Crippen molar-refractivity contribution in [2.24, 2.45) is 0 Å². The quantitative estimate of drug-likeness (QED) is 0.194. The summed E-state index contributed by atoms with van der Waals surface area (Å²) in [7, 11) is 0. The van der Waals surface area contributed by atoms with Crippen LogP contribution in [0.5, 0.6) is 0 Å². The summed E-state index contributed by atoms with van der Waals surface area (Å²) < 4.78 is 0. The number of benzene rings is 3. The molecule has 2 amide bonds. The van der Waals surface area contributed by atoms with E-state index in [9.17, 15) is 9.59 Å². The number of aryl methyl sites for hydroxylation is 2. The average molecular weight is 572 g/mol. The number of nitrogens with zero attached hydrogens (tertiary/aromatic N) is 4. The molecule has 2 heterocycles. The minimum Gasteiger partial charge on any atom is -0.307 e. The van der Waals surface area contributed by atoms with Gasteiger partial charge in [-0.3, -0.25) is 9.59 Å². The molecular weight excluding hydrogens is 543 g/mol. The van der Waals surface area contributed by atoms with Gasteiger partial charge in [-0.2, -0.15) is 0 Å². The second-order valence-corrected chi connectivity index (χ2v) is 10.4. The molecule has 5 aromatic rings. The molecule has 0 aliphatic rings. The van der Waals surface area contributed by atoms with Crippen LogP contribution >= 0.6 is 23.2 Å². The number of fused-ring (bicyclic) bond motifs is 3. The van der Waals surface area contributed by atoms with Gasteiger partial charge >= 0.3 is 0 Å². The number of hydrogen-bond donors (Lipinski definition) is 0. The standard InChI is InChI=1S/C32H28Cl2N4O2/c1-5-37(21-11-7-19(3)8-12-21)31(39)27-17-25(33)23-15-16-24-26(34)18-28(36-30(24)29(23)35-27)32(40)38(6-2)22-13-9-20(4)10-14-22/h7-18H,5-6H2,1-4H3. The van der Waals surface area contributed by atoms with E-state index in [-0.39, 0.29) is 23.2 Å². The van der Waals surface area contributed by atoms with E-state index in [1.54, 1.807) is 34.1 Å². The van der Waals surface area contributed by atoms with Gasteiger partial charge in [-0.15, -0.1) is 0 Å². The number of pyridine rings is 2. The highest BCUT2D eigenvalue weighted by atomic mass is 35.5. The Bertz CT molecular complexity index is 1620. The zero-order valence-electron chi connectivity index (χ0n) is 22.7. The van der Waals surface area contributed by atoms with Gasteiger partial charge in [0.05, 0.1) is 21.1 Å². The normalized spacial score (nSPS) is 11.2. The van der Waals surface area contributed by atoms with Gasteiger partial charge in [0.15, 0.2) is 0 Å². The van der Waals surface area contributed by atoms with Gasteiger partial charge in [0.25, 0.3) is 11.8 Å². The third-order valence-electron chi connectivity index (χ3n) is 6.91. The molecular formula is C32H28Cl2N4O2. The maximum absolute atomic E-state index is 13.6. The SMILES string of the molecule is CCN(C(=O)c1cc(Cl)c2ccc3c(Cl)cc(C(=O)N(CC)c4ccc(C)cc4)nc3c2n1)c1ccc(C)cc1. The molecule has 0 aliphatic heterocycles. The Kier molecular flexibility index (Phi) is 7.74. The van der Waals surface area contributed by atoms with Crippen molar-refractivity contribution >= 4 is 68.2 Å². The van der Waals surface area contributed by atoms with E-state index in [1.165, 1.54) is 0 Å². The number of amides is 2. The lowest BCUT2D eigenvalue weighted by Crippen LogP contribution is -2.31. The van der Waals surface area contributed by atoms with Crippen molar-refractivity contribution in [1.29, 1.82) is 0 Å². The van der Waals surface area contributed by atoms with E-state index in [0.717, 1.165) is 22.5 Å². The van der Waals surface area contributed by atoms with Crippen LogP contribution in [0, 0.1) is 13.8 Å². The Morgan fingerprint density at radius 3 is 1.30 bits per heavy atom. The highest BCUT2D eigenvalue weighted by Crippen LogP contribution is 2.33. The van der Waals surface area contributed by atoms with E-state index in [0.29, 0.717) is 44.9 Å². The summed E-state index contributed by atoms with van der Waals surface area (Å²) in [6.07, 6.45) is 0. The Hall–Kier alpha value is -4.00. The molecule has 0 fully saturated rings. The predicted molar refractivity (Wildman–Crippen MR) is 164 cm³/mol. The molecule has 0 spiro atoms. The van der Waals surface area contributed by atoms with Crippen molar-refractivity contribution < 1.29 is 9.59 Å². The molecule has 3 aromatic carbocycles. The first kappa shape index (κ1) is 27.6. The highest BCUT2D eigenvalue weighted by molar-refractivity contribution is 6.39. The molecule has 0 saturated heterocycles. The number of carbonyl (C=O) groups excluding carboxylic acids is 2. The van der Waals surface area contributed by atoms with Gasteiger partial charge in [-0.1, -0.05) is 70.7 Å². The summed E-state index contributed by atoms with van der Waals surface area (Å²) in [5.41, 5.74) is 4.89. The molecule has 5 rings (SSSR count). The largest absolute Gasteiger partial charge is 0.307 e. The fraction of sp³-hybridized carbons (Fsp3) is 0.188. The van der Waals surface area contributed by atoms with Gasteiger partial charge in [0.2, 0.25) is 0 Å². The van der Waals surface area contributed by atoms with E-state index >= 15 is 0 Å². The van der Waals surface area contributed by atoms with E-state index in [4.69, 9.17) is 33.2 Å². The first-order valence-electron chi connectivity index (χ1n) is 13.1. The molecule has 2 aromatic heterocycles. The minimum atomic E-state index is -0.290. The Balaban J connectivity index is 1.63. The molecule has 40 heavy (non-hydrogen) atoms. The fourth-order valence-electron chi connectivity index (χ4n) is 4.72. The summed E-state index contributed by atoms with van der Waals surface area (Å²) in [5, 5.41) is 1.95. The first-order valence-corrected chi connectivity index (χ1v) is 13.8. The molecule has 0 atom stereocenters. The third kappa shape index (κ3) is 5.12. The van der Waals surface area contributed by atoms with Crippen LogP contribution in [-0.2, 0) is 0 Å². The Morgan fingerprint density at radius 2 is 0.975 bits per heavy atom. The number of carbonyl (C=O) groups is 2. The van der Waals surface area contributed by atoms with Gasteiger partial charge in [-0.05, 0) is 64.1 Å². The van der Waals surface area contributed by atoms with Gasteiger partial charge in [0, 0.05) is 35.2 Å². The van der Waals surface area contributed by atoms with Crippen LogP contribution in [0.25, 0.3) is 21.8 Å². The van der Waals surface area contributed by atoms with E-state index < -0.39 is 0 Å². The number of halogens is 2. The zero-order chi connectivity index (χ0) is 28.6. The molecule has 0 N–H and O–H groups in total. The summed E-state index contributed by atoms with van der Waals surface area (Å²) in [5.74, 6) is -0.580. The van der Waals surface area contributed by atoms with Crippen molar-refractivity contribution in [1.82, 2.24) is 9.97 Å². The van der Waals surface area contributed by atoms with Crippen LogP contribution < -0.4 is 9.80 Å². The molecule has 0 unspecified atom stereocenters. The maximum Gasteiger partial charge on any atom is 0.276 e. The maximum atomic E-state index is 13.6. The molecule has 202 valence electrons. The van der Waals surface area contributed by atoms with Crippen LogP contribution in [-0.4, -0.2) is 34.9 Å². The van der Waals surface area contributed by atoms with Crippen LogP contribution in [0.4, 0.5) is 11.4 Å². The monoisotopic (exact) mass is 570 g/mol. The number of hydrogen-bond acceptors (Lipinski definition) is 4. The molecule has 0 radical (unpaired) electrons. The van der Waals surface area contributed by atoms with Crippen molar-refractivity contribution in [2.45, 2.75) is 27.7 Å². The predicted octanol–water partition coefficient (Wildman–Crippen LogP) is 8.04. The summed E-state index contributed by atoms with van der Waals surface area (Å²) in [6, 6.07) is 22.2. The van der Waals surface area contributed by atoms with Crippen LogP contribution in [0.3, 0.4) is 0 Å².